The van der Waals surface area contributed by atoms with Crippen LogP contribution in [0.5, 0.6) is 17.2 Å². The van der Waals surface area contributed by atoms with Crippen LogP contribution in [0.1, 0.15) is 6.42 Å². The first kappa shape index (κ1) is 14.5. The molecule has 6 heteroatoms. The van der Waals surface area contributed by atoms with E-state index < -0.39 is 0 Å². The molecule has 0 saturated carbocycles. The minimum Gasteiger partial charge on any atom is -0.493 e. The van der Waals surface area contributed by atoms with Crippen molar-refractivity contribution in [3.05, 3.63) is 12.1 Å². The van der Waals surface area contributed by atoms with Crippen molar-refractivity contribution >= 4 is 11.6 Å². The van der Waals surface area contributed by atoms with E-state index in [-0.39, 0.29) is 11.8 Å². The predicted molar refractivity (Wildman–Crippen MR) is 75.7 cm³/mol. The van der Waals surface area contributed by atoms with Crippen molar-refractivity contribution in [3.63, 3.8) is 0 Å². The van der Waals surface area contributed by atoms with Crippen LogP contribution in [-0.2, 0) is 4.79 Å². The van der Waals surface area contributed by atoms with Gasteiger partial charge in [-0.15, -0.1) is 0 Å². The van der Waals surface area contributed by atoms with Crippen LogP contribution in [-0.4, -0.2) is 40.3 Å². The van der Waals surface area contributed by atoms with E-state index in [1.54, 1.807) is 19.2 Å². The van der Waals surface area contributed by atoms with Gasteiger partial charge in [0.05, 0.1) is 32.9 Å². The van der Waals surface area contributed by atoms with E-state index in [1.807, 2.05) is 0 Å². The zero-order chi connectivity index (χ0) is 14.5. The van der Waals surface area contributed by atoms with Gasteiger partial charge in [0.2, 0.25) is 11.7 Å². The molecule has 1 aromatic carbocycles. The molecule has 6 nitrogen and oxygen atoms in total. The smallest absolute Gasteiger partial charge is 0.228 e. The Morgan fingerprint density at radius 2 is 1.95 bits per heavy atom. The number of benzene rings is 1. The van der Waals surface area contributed by atoms with Crippen molar-refractivity contribution in [1.82, 2.24) is 5.32 Å². The molecule has 2 rings (SSSR count). The van der Waals surface area contributed by atoms with Crippen molar-refractivity contribution < 1.29 is 19.0 Å². The first-order chi connectivity index (χ1) is 9.71. The second-order valence-electron chi connectivity index (χ2n) is 4.56. The summed E-state index contributed by atoms with van der Waals surface area (Å²) in [6.07, 6.45) is 0.849. The summed E-state index contributed by atoms with van der Waals surface area (Å²) in [5, 5.41) is 6.06. The van der Waals surface area contributed by atoms with Crippen molar-refractivity contribution in [2.75, 3.05) is 39.7 Å². The van der Waals surface area contributed by atoms with Gasteiger partial charge in [0.25, 0.3) is 0 Å². The van der Waals surface area contributed by atoms with E-state index in [0.717, 1.165) is 13.0 Å². The molecular weight excluding hydrogens is 260 g/mol. The highest BCUT2D eigenvalue weighted by Crippen LogP contribution is 2.42. The zero-order valence-corrected chi connectivity index (χ0v) is 12.0. The van der Waals surface area contributed by atoms with Crippen molar-refractivity contribution in [2.45, 2.75) is 6.42 Å². The molecule has 0 aromatic heterocycles. The van der Waals surface area contributed by atoms with Crippen LogP contribution >= 0.6 is 0 Å². The molecule has 1 aliphatic rings. The van der Waals surface area contributed by atoms with Crippen LogP contribution in [0, 0.1) is 5.92 Å². The van der Waals surface area contributed by atoms with Crippen LogP contribution in [0.4, 0.5) is 5.69 Å². The van der Waals surface area contributed by atoms with Gasteiger partial charge in [0, 0.05) is 6.54 Å². The normalized spacial score (nSPS) is 17.6. The lowest BCUT2D eigenvalue weighted by atomic mass is 10.1. The minimum absolute atomic E-state index is 0.00666. The molecule has 1 saturated heterocycles. The maximum absolute atomic E-state index is 12.2. The molecule has 0 aliphatic carbocycles. The summed E-state index contributed by atoms with van der Waals surface area (Å²) in [7, 11) is 4.62. The molecule has 1 fully saturated rings. The average Bonchev–Trinajstić information content (AvgIpc) is 3.00. The Morgan fingerprint density at radius 3 is 2.50 bits per heavy atom. The fourth-order valence-corrected chi connectivity index (χ4v) is 2.31. The third kappa shape index (κ3) is 2.80. The lowest BCUT2D eigenvalue weighted by Gasteiger charge is -2.17. The van der Waals surface area contributed by atoms with Crippen molar-refractivity contribution in [1.29, 1.82) is 0 Å². The lowest BCUT2D eigenvalue weighted by molar-refractivity contribution is -0.119. The second kappa shape index (κ2) is 6.47. The van der Waals surface area contributed by atoms with Crippen LogP contribution in [0.25, 0.3) is 0 Å². The van der Waals surface area contributed by atoms with Gasteiger partial charge in [-0.05, 0) is 25.1 Å². The monoisotopic (exact) mass is 280 g/mol. The Balaban J connectivity index is 2.24. The molecule has 1 unspecified atom stereocenters. The van der Waals surface area contributed by atoms with Crippen LogP contribution < -0.4 is 24.8 Å². The summed E-state index contributed by atoms with van der Waals surface area (Å²) in [5.74, 6) is 1.47. The maximum atomic E-state index is 12.2. The first-order valence-corrected chi connectivity index (χ1v) is 6.51. The van der Waals surface area contributed by atoms with Gasteiger partial charge in [0.1, 0.15) is 0 Å². The number of carbonyl (C=O) groups excluding carboxylic acids is 1. The standard InChI is InChI=1S/C14H20N2O4/c1-18-11-5-4-10(12(19-2)13(11)20-3)16-14(17)9-6-7-15-8-9/h4-5,9,15H,6-8H2,1-3H3,(H,16,17). The van der Waals surface area contributed by atoms with Gasteiger partial charge in [-0.3, -0.25) is 4.79 Å². The molecule has 1 amide bonds. The van der Waals surface area contributed by atoms with Gasteiger partial charge in [-0.1, -0.05) is 0 Å². The fourth-order valence-electron chi connectivity index (χ4n) is 2.31. The number of ether oxygens (including phenoxy) is 3. The number of anilines is 1. The number of rotatable bonds is 5. The summed E-state index contributed by atoms with van der Waals surface area (Å²) in [5.41, 5.74) is 0.585. The minimum atomic E-state index is -0.0134. The van der Waals surface area contributed by atoms with E-state index in [9.17, 15) is 4.79 Å². The maximum Gasteiger partial charge on any atom is 0.228 e. The Kier molecular flexibility index (Phi) is 4.68. The van der Waals surface area contributed by atoms with Gasteiger partial charge in [0.15, 0.2) is 11.5 Å². The number of carbonyl (C=O) groups is 1. The molecular formula is C14H20N2O4. The number of nitrogens with one attached hydrogen (secondary N) is 2. The molecule has 20 heavy (non-hydrogen) atoms. The zero-order valence-electron chi connectivity index (χ0n) is 12.0. The summed E-state index contributed by atoms with van der Waals surface area (Å²) in [6, 6.07) is 3.49. The van der Waals surface area contributed by atoms with Crippen molar-refractivity contribution in [2.24, 2.45) is 5.92 Å². The lowest BCUT2D eigenvalue weighted by Crippen LogP contribution is -2.24. The van der Waals surface area contributed by atoms with E-state index in [2.05, 4.69) is 10.6 Å². The summed E-state index contributed by atoms with van der Waals surface area (Å²) >= 11 is 0. The highest BCUT2D eigenvalue weighted by molar-refractivity contribution is 5.95. The highest BCUT2D eigenvalue weighted by Gasteiger charge is 2.24. The first-order valence-electron chi connectivity index (χ1n) is 6.51. The van der Waals surface area contributed by atoms with Gasteiger partial charge in [-0.25, -0.2) is 0 Å². The number of hydrogen-bond acceptors (Lipinski definition) is 5. The SMILES string of the molecule is COc1ccc(NC(=O)C2CCNC2)c(OC)c1OC. The third-order valence-electron chi connectivity index (χ3n) is 3.39. The van der Waals surface area contributed by atoms with Crippen LogP contribution in [0.3, 0.4) is 0 Å². The summed E-state index contributed by atoms with van der Waals surface area (Å²) < 4.78 is 15.8. The molecule has 1 heterocycles. The largest absolute Gasteiger partial charge is 0.493 e. The topological polar surface area (TPSA) is 68.8 Å². The van der Waals surface area contributed by atoms with E-state index in [1.165, 1.54) is 14.2 Å². The van der Waals surface area contributed by atoms with E-state index in [0.29, 0.717) is 29.5 Å². The Hall–Kier alpha value is -1.95. The van der Waals surface area contributed by atoms with E-state index >= 15 is 0 Å². The molecule has 2 N–H and O–H groups in total. The molecule has 0 spiro atoms. The summed E-state index contributed by atoms with van der Waals surface area (Å²) in [4.78, 5) is 12.2. The number of methoxy groups -OCH3 is 3. The Labute approximate surface area is 118 Å². The average molecular weight is 280 g/mol. The molecule has 1 aliphatic heterocycles. The molecule has 1 atom stereocenters. The van der Waals surface area contributed by atoms with Crippen LogP contribution in [0.15, 0.2) is 12.1 Å². The third-order valence-corrected chi connectivity index (χ3v) is 3.39. The summed E-state index contributed by atoms with van der Waals surface area (Å²) in [6.45, 7) is 1.59. The molecule has 110 valence electrons. The second-order valence-corrected chi connectivity index (χ2v) is 4.56. The molecule has 0 radical (unpaired) electrons. The Morgan fingerprint density at radius 1 is 1.20 bits per heavy atom. The van der Waals surface area contributed by atoms with Crippen molar-refractivity contribution in [3.8, 4) is 17.2 Å². The quantitative estimate of drug-likeness (QED) is 0.850. The van der Waals surface area contributed by atoms with Gasteiger partial charge >= 0.3 is 0 Å². The Bertz CT molecular complexity index is 484. The van der Waals surface area contributed by atoms with Gasteiger partial charge < -0.3 is 24.8 Å². The highest BCUT2D eigenvalue weighted by atomic mass is 16.5. The van der Waals surface area contributed by atoms with E-state index in [4.69, 9.17) is 14.2 Å². The predicted octanol–water partition coefficient (Wildman–Crippen LogP) is 1.26. The van der Waals surface area contributed by atoms with Crippen LogP contribution in [0.2, 0.25) is 0 Å². The number of amides is 1. The molecule has 1 aromatic rings. The number of hydrogen-bond donors (Lipinski definition) is 2. The molecule has 0 bridgehead atoms. The fraction of sp³-hybridized carbons (Fsp3) is 0.500. The van der Waals surface area contributed by atoms with Gasteiger partial charge in [-0.2, -0.15) is 0 Å².